The fourth-order valence-corrected chi connectivity index (χ4v) is 4.43. The summed E-state index contributed by atoms with van der Waals surface area (Å²) in [6.07, 6.45) is 7.94. The molecule has 2 heterocycles. The van der Waals surface area contributed by atoms with Crippen molar-refractivity contribution in [2.75, 3.05) is 0 Å². The molecule has 1 aliphatic carbocycles. The molecular weight excluding hydrogens is 324 g/mol. The maximum Gasteiger partial charge on any atom is 0.337 e. The Labute approximate surface area is 155 Å². The van der Waals surface area contributed by atoms with Crippen LogP contribution in [-0.4, -0.2) is 28.9 Å². The van der Waals surface area contributed by atoms with Gasteiger partial charge in [0.1, 0.15) is 11.8 Å². The Kier molecular flexibility index (Phi) is 4.02. The second kappa shape index (κ2) is 6.11. The van der Waals surface area contributed by atoms with Crippen LogP contribution < -0.4 is 0 Å². The first kappa shape index (κ1) is 17.1. The van der Waals surface area contributed by atoms with Gasteiger partial charge in [-0.05, 0) is 57.7 Å². The lowest BCUT2D eigenvalue weighted by Crippen LogP contribution is -2.35. The van der Waals surface area contributed by atoms with E-state index in [1.165, 1.54) is 11.1 Å². The van der Waals surface area contributed by atoms with Crippen molar-refractivity contribution in [1.82, 2.24) is 4.90 Å². The third-order valence-electron chi connectivity index (χ3n) is 5.42. The largest absolute Gasteiger partial charge is 0.457 e. The molecule has 0 spiro atoms. The van der Waals surface area contributed by atoms with Gasteiger partial charge in [-0.1, -0.05) is 30.3 Å². The van der Waals surface area contributed by atoms with E-state index in [0.29, 0.717) is 0 Å². The van der Waals surface area contributed by atoms with E-state index >= 15 is 0 Å². The van der Waals surface area contributed by atoms with Crippen molar-refractivity contribution in [2.24, 2.45) is 10.9 Å². The minimum atomic E-state index is -0.505. The number of aryl methyl sites for hydroxylation is 1. The number of carbonyl (C=O) groups is 1. The molecule has 3 atom stereocenters. The zero-order valence-corrected chi connectivity index (χ0v) is 15.9. The van der Waals surface area contributed by atoms with E-state index in [4.69, 9.17) is 9.73 Å². The smallest absolute Gasteiger partial charge is 0.337 e. The van der Waals surface area contributed by atoms with Gasteiger partial charge in [0.05, 0.1) is 17.5 Å². The average Bonchev–Trinajstić information content (AvgIpc) is 3.11. The Morgan fingerprint density at radius 1 is 1.27 bits per heavy atom. The monoisotopic (exact) mass is 350 g/mol. The molecule has 0 fully saturated rings. The summed E-state index contributed by atoms with van der Waals surface area (Å²) in [4.78, 5) is 20.0. The second-order valence-corrected chi connectivity index (χ2v) is 8.28. The van der Waals surface area contributed by atoms with Crippen LogP contribution in [0.3, 0.4) is 0 Å². The van der Waals surface area contributed by atoms with Gasteiger partial charge in [0.15, 0.2) is 0 Å². The Morgan fingerprint density at radius 3 is 2.81 bits per heavy atom. The first-order chi connectivity index (χ1) is 12.4. The summed E-state index contributed by atoms with van der Waals surface area (Å²) in [7, 11) is 0. The third-order valence-corrected chi connectivity index (χ3v) is 5.42. The summed E-state index contributed by atoms with van der Waals surface area (Å²) in [6.45, 7) is 7.77. The fraction of sp³-hybridized carbons (Fsp3) is 0.455. The van der Waals surface area contributed by atoms with Crippen LogP contribution >= 0.6 is 0 Å². The van der Waals surface area contributed by atoms with Crippen LogP contribution in [0.15, 0.2) is 52.7 Å². The topological polar surface area (TPSA) is 41.9 Å². The number of esters is 1. The molecule has 26 heavy (non-hydrogen) atoms. The van der Waals surface area contributed by atoms with Gasteiger partial charge in [-0.15, -0.1) is 0 Å². The first-order valence-electron chi connectivity index (χ1n) is 9.37. The maximum absolute atomic E-state index is 12.9. The van der Waals surface area contributed by atoms with Gasteiger partial charge in [0, 0.05) is 11.9 Å². The highest BCUT2D eigenvalue weighted by atomic mass is 16.6. The quantitative estimate of drug-likeness (QED) is 0.751. The predicted molar refractivity (Wildman–Crippen MR) is 103 cm³/mol. The first-order valence-corrected chi connectivity index (χ1v) is 9.37. The molecule has 0 N–H and O–H groups in total. The van der Waals surface area contributed by atoms with Crippen LogP contribution in [0.4, 0.5) is 0 Å². The van der Waals surface area contributed by atoms with E-state index in [1.807, 2.05) is 40.0 Å². The van der Waals surface area contributed by atoms with Gasteiger partial charge in [-0.2, -0.15) is 0 Å². The molecule has 4 heteroatoms. The standard InChI is InChI=1S/C22H26N2O2/c1-14-19(21(25)26-22(2,3)4)17-10-7-13-23-20(17)24(14)18-12-11-15-8-5-6-9-16(15)18/h5-10,13,17-18,20H,11-12H2,1-4H3. The zero-order chi connectivity index (χ0) is 18.5. The molecule has 0 saturated heterocycles. The maximum atomic E-state index is 12.9. The molecule has 2 aliphatic heterocycles. The number of hydrogen-bond acceptors (Lipinski definition) is 4. The Hall–Kier alpha value is -2.36. The van der Waals surface area contributed by atoms with Crippen LogP contribution in [0.5, 0.6) is 0 Å². The Bertz CT molecular complexity index is 829. The highest BCUT2D eigenvalue weighted by molar-refractivity contribution is 5.92. The number of nitrogens with zero attached hydrogens (tertiary/aromatic N) is 2. The van der Waals surface area contributed by atoms with Crippen molar-refractivity contribution in [3.8, 4) is 0 Å². The van der Waals surface area contributed by atoms with Gasteiger partial charge in [-0.3, -0.25) is 4.99 Å². The molecule has 0 bridgehead atoms. The number of ether oxygens (including phenoxy) is 1. The molecule has 3 unspecified atom stereocenters. The van der Waals surface area contributed by atoms with E-state index in [-0.39, 0.29) is 24.1 Å². The molecule has 4 nitrogen and oxygen atoms in total. The summed E-state index contributed by atoms with van der Waals surface area (Å²) >= 11 is 0. The van der Waals surface area contributed by atoms with Crippen LogP contribution in [-0.2, 0) is 16.0 Å². The van der Waals surface area contributed by atoms with E-state index < -0.39 is 5.60 Å². The number of allylic oxidation sites excluding steroid dienone is 2. The van der Waals surface area contributed by atoms with Crippen LogP contribution in [0.1, 0.15) is 51.3 Å². The normalized spacial score (nSPS) is 26.9. The molecule has 1 aromatic rings. The van der Waals surface area contributed by atoms with Crippen molar-refractivity contribution in [3.05, 3.63) is 58.8 Å². The highest BCUT2D eigenvalue weighted by Crippen LogP contribution is 2.47. The average molecular weight is 350 g/mol. The van der Waals surface area contributed by atoms with Crippen LogP contribution in [0, 0.1) is 5.92 Å². The number of dihydropyridines is 1. The predicted octanol–water partition coefficient (Wildman–Crippen LogP) is 4.19. The molecular formula is C22H26N2O2. The lowest BCUT2D eigenvalue weighted by atomic mass is 9.96. The van der Waals surface area contributed by atoms with E-state index in [1.54, 1.807) is 0 Å². The summed E-state index contributed by atoms with van der Waals surface area (Å²) in [5, 5.41) is 0. The minimum Gasteiger partial charge on any atom is -0.457 e. The van der Waals surface area contributed by atoms with Crippen LogP contribution in [0.2, 0.25) is 0 Å². The van der Waals surface area contributed by atoms with Gasteiger partial charge in [-0.25, -0.2) is 4.79 Å². The van der Waals surface area contributed by atoms with E-state index in [9.17, 15) is 4.79 Å². The van der Waals surface area contributed by atoms with Gasteiger partial charge in [0.2, 0.25) is 0 Å². The Morgan fingerprint density at radius 2 is 2.04 bits per heavy atom. The highest BCUT2D eigenvalue weighted by Gasteiger charge is 2.46. The number of aliphatic imine (C=N–C) groups is 1. The molecule has 0 amide bonds. The molecule has 3 aliphatic rings. The van der Waals surface area contributed by atoms with E-state index in [2.05, 4.69) is 35.2 Å². The van der Waals surface area contributed by atoms with Crippen molar-refractivity contribution in [3.63, 3.8) is 0 Å². The van der Waals surface area contributed by atoms with Crippen LogP contribution in [0.25, 0.3) is 0 Å². The summed E-state index contributed by atoms with van der Waals surface area (Å²) < 4.78 is 5.71. The number of hydrogen-bond donors (Lipinski definition) is 0. The molecule has 0 radical (unpaired) electrons. The van der Waals surface area contributed by atoms with Crippen molar-refractivity contribution >= 4 is 12.2 Å². The molecule has 4 rings (SSSR count). The number of fused-ring (bicyclic) bond motifs is 2. The lowest BCUT2D eigenvalue weighted by Gasteiger charge is -2.34. The van der Waals surface area contributed by atoms with Gasteiger partial charge >= 0.3 is 5.97 Å². The van der Waals surface area contributed by atoms with Gasteiger partial charge < -0.3 is 9.64 Å². The van der Waals surface area contributed by atoms with Crippen molar-refractivity contribution in [1.29, 1.82) is 0 Å². The molecule has 1 aromatic carbocycles. The van der Waals surface area contributed by atoms with Gasteiger partial charge in [0.25, 0.3) is 0 Å². The SMILES string of the molecule is CC1=C(C(=O)OC(C)(C)C)C2C=CC=NC2N1C1CCc2ccccc21. The third kappa shape index (κ3) is 2.77. The second-order valence-electron chi connectivity index (χ2n) is 8.28. The van der Waals surface area contributed by atoms with Crippen molar-refractivity contribution in [2.45, 2.75) is 58.3 Å². The van der Waals surface area contributed by atoms with E-state index in [0.717, 1.165) is 24.1 Å². The number of carbonyl (C=O) groups excluding carboxylic acids is 1. The van der Waals surface area contributed by atoms with Crippen molar-refractivity contribution < 1.29 is 9.53 Å². The summed E-state index contributed by atoms with van der Waals surface area (Å²) in [5.74, 6) is -0.261. The summed E-state index contributed by atoms with van der Waals surface area (Å²) in [6, 6.07) is 8.89. The zero-order valence-electron chi connectivity index (χ0n) is 15.9. The minimum absolute atomic E-state index is 0.0392. The number of benzene rings is 1. The molecule has 136 valence electrons. The molecule has 0 aromatic heterocycles. The lowest BCUT2D eigenvalue weighted by molar-refractivity contribution is -0.150. The Balaban J connectivity index is 1.74. The fourth-order valence-electron chi connectivity index (χ4n) is 4.43. The molecule has 0 saturated carbocycles. The summed E-state index contributed by atoms with van der Waals surface area (Å²) in [5.41, 5.74) is 4.01. The number of rotatable bonds is 2.